The summed E-state index contributed by atoms with van der Waals surface area (Å²) in [6.07, 6.45) is 4.20. The Hall–Kier alpha value is -0.890. The summed E-state index contributed by atoms with van der Waals surface area (Å²) in [7, 11) is -3.54. The molecule has 1 saturated carbocycles. The third kappa shape index (κ3) is 4.29. The van der Waals surface area contributed by atoms with Crippen molar-refractivity contribution in [1.82, 2.24) is 10.0 Å². The number of nitrogens with one attached hydrogen (secondary N) is 2. The minimum Gasteiger partial charge on any atom is -0.447 e. The van der Waals surface area contributed by atoms with Crippen molar-refractivity contribution in [1.29, 1.82) is 0 Å². The lowest BCUT2D eigenvalue weighted by atomic mass is 10.1. The van der Waals surface area contributed by atoms with Gasteiger partial charge in [-0.25, -0.2) is 13.1 Å². The molecule has 0 aromatic carbocycles. The van der Waals surface area contributed by atoms with E-state index in [1.54, 1.807) is 6.07 Å². The summed E-state index contributed by atoms with van der Waals surface area (Å²) in [6.45, 7) is 2.53. The Kier molecular flexibility index (Phi) is 4.63. The molecule has 2 heterocycles. The fourth-order valence-corrected chi connectivity index (χ4v) is 3.40. The van der Waals surface area contributed by atoms with Crippen LogP contribution < -0.4 is 10.0 Å². The van der Waals surface area contributed by atoms with Gasteiger partial charge < -0.3 is 14.5 Å². The minimum atomic E-state index is -3.54. The Balaban J connectivity index is 1.48. The van der Waals surface area contributed by atoms with E-state index in [1.807, 2.05) is 0 Å². The maximum atomic E-state index is 12.1. The van der Waals surface area contributed by atoms with Gasteiger partial charge in [-0.2, -0.15) is 0 Å². The number of sulfonamides is 1. The van der Waals surface area contributed by atoms with Crippen molar-refractivity contribution < 1.29 is 17.6 Å². The quantitative estimate of drug-likeness (QED) is 0.754. The second kappa shape index (κ2) is 6.48. The van der Waals surface area contributed by atoms with E-state index < -0.39 is 10.0 Å². The van der Waals surface area contributed by atoms with Crippen LogP contribution >= 0.6 is 0 Å². The van der Waals surface area contributed by atoms with Gasteiger partial charge in [-0.15, -0.1) is 0 Å². The van der Waals surface area contributed by atoms with E-state index in [4.69, 9.17) is 9.15 Å². The highest BCUT2D eigenvalue weighted by Crippen LogP contribution is 2.21. The van der Waals surface area contributed by atoms with E-state index >= 15 is 0 Å². The molecule has 1 unspecified atom stereocenters. The SMILES string of the molecule is O=S(=O)(NCCC1CCOC1)c1ccc(CNC2CC2)o1. The van der Waals surface area contributed by atoms with Crippen LogP contribution in [0, 0.1) is 5.92 Å². The van der Waals surface area contributed by atoms with Crippen LogP contribution in [0.15, 0.2) is 21.6 Å². The van der Waals surface area contributed by atoms with Gasteiger partial charge >= 0.3 is 0 Å². The fourth-order valence-electron chi connectivity index (χ4n) is 2.41. The first-order valence-corrected chi connectivity index (χ1v) is 9.01. The Morgan fingerprint density at radius 3 is 2.81 bits per heavy atom. The highest BCUT2D eigenvalue weighted by atomic mass is 32.2. The Bertz CT molecular complexity index is 559. The van der Waals surface area contributed by atoms with Gasteiger partial charge in [0.25, 0.3) is 10.0 Å². The van der Waals surface area contributed by atoms with Gasteiger partial charge in [-0.05, 0) is 43.7 Å². The van der Waals surface area contributed by atoms with E-state index in [0.717, 1.165) is 26.1 Å². The second-order valence-corrected chi connectivity index (χ2v) is 7.49. The predicted molar refractivity (Wildman–Crippen MR) is 77.3 cm³/mol. The third-order valence-electron chi connectivity index (χ3n) is 3.91. The number of furan rings is 1. The van der Waals surface area contributed by atoms with Gasteiger partial charge in [0.15, 0.2) is 0 Å². The predicted octanol–water partition coefficient (Wildman–Crippen LogP) is 1.24. The second-order valence-electron chi connectivity index (χ2n) is 5.79. The lowest BCUT2D eigenvalue weighted by Crippen LogP contribution is -2.26. The summed E-state index contributed by atoms with van der Waals surface area (Å²) < 4.78 is 37.5. The maximum Gasteiger partial charge on any atom is 0.273 e. The molecule has 21 heavy (non-hydrogen) atoms. The first-order valence-electron chi connectivity index (χ1n) is 7.53. The van der Waals surface area contributed by atoms with Crippen LogP contribution in [0.25, 0.3) is 0 Å². The van der Waals surface area contributed by atoms with Crippen molar-refractivity contribution >= 4 is 10.0 Å². The summed E-state index contributed by atoms with van der Waals surface area (Å²) in [5, 5.41) is 3.29. The standard InChI is InChI=1S/C14H22N2O4S/c17-21(18,16-7-5-11-6-8-19-10-11)14-4-3-13(20-14)9-15-12-1-2-12/h3-4,11-12,15-16H,1-2,5-10H2. The first kappa shape index (κ1) is 15.0. The summed E-state index contributed by atoms with van der Waals surface area (Å²) in [5.41, 5.74) is 0. The molecule has 6 nitrogen and oxygen atoms in total. The molecule has 2 aliphatic rings. The lowest BCUT2D eigenvalue weighted by molar-refractivity contribution is 0.184. The average Bonchev–Trinajstić information content (AvgIpc) is 2.93. The van der Waals surface area contributed by atoms with Crippen molar-refractivity contribution in [3.05, 3.63) is 17.9 Å². The molecule has 3 rings (SSSR count). The minimum absolute atomic E-state index is 0.00207. The van der Waals surface area contributed by atoms with Gasteiger partial charge in [0.1, 0.15) is 5.76 Å². The molecule has 1 aromatic heterocycles. The average molecular weight is 314 g/mol. The van der Waals surface area contributed by atoms with Gasteiger partial charge in [-0.1, -0.05) is 0 Å². The van der Waals surface area contributed by atoms with Gasteiger partial charge in [0, 0.05) is 25.8 Å². The summed E-state index contributed by atoms with van der Waals surface area (Å²) >= 11 is 0. The van der Waals surface area contributed by atoms with E-state index in [9.17, 15) is 8.42 Å². The van der Waals surface area contributed by atoms with Crippen molar-refractivity contribution in [3.8, 4) is 0 Å². The number of hydrogen-bond acceptors (Lipinski definition) is 5. The zero-order valence-electron chi connectivity index (χ0n) is 12.0. The van der Waals surface area contributed by atoms with Crippen molar-refractivity contribution in [2.45, 2.75) is 43.4 Å². The number of ether oxygens (including phenoxy) is 1. The molecule has 1 aliphatic carbocycles. The van der Waals surface area contributed by atoms with Crippen LogP contribution in [-0.4, -0.2) is 34.2 Å². The molecule has 0 bridgehead atoms. The molecule has 1 saturated heterocycles. The molecule has 1 aliphatic heterocycles. The number of rotatable bonds is 8. The molecule has 0 amide bonds. The van der Waals surface area contributed by atoms with E-state index in [1.165, 1.54) is 18.9 Å². The maximum absolute atomic E-state index is 12.1. The Labute approximate surface area is 125 Å². The van der Waals surface area contributed by atoms with Gasteiger partial charge in [0.05, 0.1) is 6.54 Å². The molecule has 2 N–H and O–H groups in total. The van der Waals surface area contributed by atoms with Crippen LogP contribution in [0.1, 0.15) is 31.4 Å². The highest BCUT2D eigenvalue weighted by molar-refractivity contribution is 7.89. The van der Waals surface area contributed by atoms with Crippen molar-refractivity contribution in [3.63, 3.8) is 0 Å². The van der Waals surface area contributed by atoms with Crippen LogP contribution in [0.4, 0.5) is 0 Å². The Morgan fingerprint density at radius 1 is 1.24 bits per heavy atom. The van der Waals surface area contributed by atoms with Crippen molar-refractivity contribution in [2.75, 3.05) is 19.8 Å². The summed E-state index contributed by atoms with van der Waals surface area (Å²) in [4.78, 5) is 0. The molecular weight excluding hydrogens is 292 g/mol. The normalized spacial score (nSPS) is 22.8. The molecule has 0 radical (unpaired) electrons. The summed E-state index contributed by atoms with van der Waals surface area (Å²) in [5.74, 6) is 1.12. The van der Waals surface area contributed by atoms with Crippen molar-refractivity contribution in [2.24, 2.45) is 5.92 Å². The highest BCUT2D eigenvalue weighted by Gasteiger charge is 2.23. The monoisotopic (exact) mass is 314 g/mol. The molecule has 7 heteroatoms. The van der Waals surface area contributed by atoms with Gasteiger partial charge in [0.2, 0.25) is 5.09 Å². The molecular formula is C14H22N2O4S. The van der Waals surface area contributed by atoms with Crippen LogP contribution in [0.3, 0.4) is 0 Å². The molecule has 1 aromatic rings. The molecule has 2 fully saturated rings. The zero-order valence-corrected chi connectivity index (χ0v) is 12.8. The Morgan fingerprint density at radius 2 is 2.10 bits per heavy atom. The van der Waals surface area contributed by atoms with E-state index in [-0.39, 0.29) is 5.09 Å². The fraction of sp³-hybridized carbons (Fsp3) is 0.714. The third-order valence-corrected chi connectivity index (χ3v) is 5.25. The summed E-state index contributed by atoms with van der Waals surface area (Å²) in [6, 6.07) is 3.81. The first-order chi connectivity index (χ1) is 10.1. The topological polar surface area (TPSA) is 80.6 Å². The van der Waals surface area contributed by atoms with E-state index in [0.29, 0.717) is 30.8 Å². The van der Waals surface area contributed by atoms with Gasteiger partial charge in [-0.3, -0.25) is 0 Å². The van der Waals surface area contributed by atoms with Crippen LogP contribution in [0.5, 0.6) is 0 Å². The van der Waals surface area contributed by atoms with Crippen LogP contribution in [0.2, 0.25) is 0 Å². The molecule has 1 atom stereocenters. The molecule has 0 spiro atoms. The molecule has 118 valence electrons. The van der Waals surface area contributed by atoms with E-state index in [2.05, 4.69) is 10.0 Å². The number of hydrogen-bond donors (Lipinski definition) is 2. The van der Waals surface area contributed by atoms with Crippen LogP contribution in [-0.2, 0) is 21.3 Å². The lowest BCUT2D eigenvalue weighted by Gasteiger charge is -2.08. The smallest absolute Gasteiger partial charge is 0.273 e. The largest absolute Gasteiger partial charge is 0.447 e. The zero-order chi connectivity index (χ0) is 14.7.